The standard InChI is InChI=1S/C21H24N2O2/c1-17-6-8-18(9-7-17)10-11-21(24)23-14-12-22(13-15-23)19-4-3-5-20(16-19)25-2/h3-11,16H,12-15H2,1-2H3. The van der Waals surface area contributed by atoms with Gasteiger partial charge >= 0.3 is 0 Å². The van der Waals surface area contributed by atoms with Crippen LogP contribution in [0.4, 0.5) is 5.69 Å². The number of rotatable bonds is 4. The largest absolute Gasteiger partial charge is 0.497 e. The molecule has 0 unspecified atom stereocenters. The fourth-order valence-electron chi connectivity index (χ4n) is 2.94. The summed E-state index contributed by atoms with van der Waals surface area (Å²) >= 11 is 0. The van der Waals surface area contributed by atoms with Gasteiger partial charge in [-0.3, -0.25) is 4.79 Å². The van der Waals surface area contributed by atoms with Crippen molar-refractivity contribution in [1.29, 1.82) is 0 Å². The number of amides is 1. The minimum absolute atomic E-state index is 0.0749. The van der Waals surface area contributed by atoms with E-state index in [1.165, 1.54) is 5.56 Å². The monoisotopic (exact) mass is 336 g/mol. The number of piperazine rings is 1. The first-order valence-corrected chi connectivity index (χ1v) is 8.58. The van der Waals surface area contributed by atoms with Gasteiger partial charge in [-0.15, -0.1) is 0 Å². The van der Waals surface area contributed by atoms with E-state index in [1.54, 1.807) is 13.2 Å². The number of carbonyl (C=O) groups excluding carboxylic acids is 1. The van der Waals surface area contributed by atoms with Crippen LogP contribution in [0.2, 0.25) is 0 Å². The molecule has 0 aliphatic carbocycles. The van der Waals surface area contributed by atoms with Crippen molar-refractivity contribution in [2.75, 3.05) is 38.2 Å². The summed E-state index contributed by atoms with van der Waals surface area (Å²) in [5.41, 5.74) is 3.41. The fourth-order valence-corrected chi connectivity index (χ4v) is 2.94. The maximum absolute atomic E-state index is 12.4. The molecule has 1 heterocycles. The van der Waals surface area contributed by atoms with E-state index >= 15 is 0 Å². The SMILES string of the molecule is COc1cccc(N2CCN(C(=O)C=Cc3ccc(C)cc3)CC2)c1. The van der Waals surface area contributed by atoms with Gasteiger partial charge in [0, 0.05) is 44.0 Å². The number of hydrogen-bond donors (Lipinski definition) is 0. The quantitative estimate of drug-likeness (QED) is 0.803. The van der Waals surface area contributed by atoms with Crippen LogP contribution in [0, 0.1) is 6.92 Å². The van der Waals surface area contributed by atoms with Gasteiger partial charge in [0.15, 0.2) is 0 Å². The topological polar surface area (TPSA) is 32.8 Å². The van der Waals surface area contributed by atoms with Gasteiger partial charge in [0.05, 0.1) is 7.11 Å². The highest BCUT2D eigenvalue weighted by atomic mass is 16.5. The normalized spacial score (nSPS) is 14.8. The van der Waals surface area contributed by atoms with Crippen LogP contribution < -0.4 is 9.64 Å². The molecule has 2 aromatic carbocycles. The van der Waals surface area contributed by atoms with Crippen LogP contribution >= 0.6 is 0 Å². The maximum atomic E-state index is 12.4. The number of ether oxygens (including phenoxy) is 1. The van der Waals surface area contributed by atoms with Crippen LogP contribution in [0.25, 0.3) is 6.08 Å². The van der Waals surface area contributed by atoms with Crippen molar-refractivity contribution in [1.82, 2.24) is 4.90 Å². The highest BCUT2D eigenvalue weighted by Gasteiger charge is 2.20. The van der Waals surface area contributed by atoms with E-state index in [0.717, 1.165) is 43.2 Å². The van der Waals surface area contributed by atoms with E-state index in [-0.39, 0.29) is 5.91 Å². The van der Waals surface area contributed by atoms with Crippen molar-refractivity contribution in [3.05, 3.63) is 65.7 Å². The smallest absolute Gasteiger partial charge is 0.246 e. The van der Waals surface area contributed by atoms with E-state index in [9.17, 15) is 4.79 Å². The van der Waals surface area contributed by atoms with Gasteiger partial charge in [-0.1, -0.05) is 35.9 Å². The van der Waals surface area contributed by atoms with Gasteiger partial charge in [-0.25, -0.2) is 0 Å². The minimum atomic E-state index is 0.0749. The van der Waals surface area contributed by atoms with Crippen molar-refractivity contribution in [2.24, 2.45) is 0 Å². The molecule has 1 fully saturated rings. The van der Waals surface area contributed by atoms with Gasteiger partial charge in [0.25, 0.3) is 0 Å². The number of hydrogen-bond acceptors (Lipinski definition) is 3. The van der Waals surface area contributed by atoms with Crippen molar-refractivity contribution < 1.29 is 9.53 Å². The highest BCUT2D eigenvalue weighted by Crippen LogP contribution is 2.22. The Morgan fingerprint density at radius 1 is 1.04 bits per heavy atom. The minimum Gasteiger partial charge on any atom is -0.497 e. The number of nitrogens with zero attached hydrogens (tertiary/aromatic N) is 2. The molecule has 0 N–H and O–H groups in total. The third-order valence-electron chi connectivity index (χ3n) is 4.51. The van der Waals surface area contributed by atoms with Gasteiger partial charge < -0.3 is 14.5 Å². The molecule has 1 amide bonds. The molecule has 0 atom stereocenters. The predicted octanol–water partition coefficient (Wildman–Crippen LogP) is 3.37. The molecule has 25 heavy (non-hydrogen) atoms. The molecular formula is C21H24N2O2. The highest BCUT2D eigenvalue weighted by molar-refractivity contribution is 5.92. The van der Waals surface area contributed by atoms with Crippen molar-refractivity contribution in [3.63, 3.8) is 0 Å². The summed E-state index contributed by atoms with van der Waals surface area (Å²) in [5.74, 6) is 0.933. The summed E-state index contributed by atoms with van der Waals surface area (Å²) in [6.45, 7) is 5.18. The van der Waals surface area contributed by atoms with Crippen molar-refractivity contribution in [3.8, 4) is 5.75 Å². The van der Waals surface area contributed by atoms with Gasteiger partial charge in [-0.05, 0) is 30.7 Å². The van der Waals surface area contributed by atoms with Crippen LogP contribution in [-0.2, 0) is 4.79 Å². The average Bonchev–Trinajstić information content (AvgIpc) is 2.67. The second-order valence-corrected chi connectivity index (χ2v) is 6.26. The first kappa shape index (κ1) is 17.1. The summed E-state index contributed by atoms with van der Waals surface area (Å²) in [6.07, 6.45) is 3.56. The summed E-state index contributed by atoms with van der Waals surface area (Å²) in [6, 6.07) is 16.2. The molecule has 1 aliphatic rings. The number of benzene rings is 2. The molecule has 4 heteroatoms. The van der Waals surface area contributed by atoms with E-state index in [1.807, 2.05) is 41.3 Å². The Labute approximate surface area is 149 Å². The molecule has 2 aromatic rings. The Bertz CT molecular complexity index is 745. The van der Waals surface area contributed by atoms with Gasteiger partial charge in [-0.2, -0.15) is 0 Å². The molecule has 0 radical (unpaired) electrons. The molecule has 1 saturated heterocycles. The Morgan fingerprint density at radius 3 is 2.44 bits per heavy atom. The lowest BCUT2D eigenvalue weighted by Crippen LogP contribution is -2.48. The zero-order valence-corrected chi connectivity index (χ0v) is 14.8. The van der Waals surface area contributed by atoms with Crippen LogP contribution in [0.5, 0.6) is 5.75 Å². The van der Waals surface area contributed by atoms with Crippen LogP contribution in [0.3, 0.4) is 0 Å². The third-order valence-corrected chi connectivity index (χ3v) is 4.51. The molecule has 0 aromatic heterocycles. The molecular weight excluding hydrogens is 312 g/mol. The van der Waals surface area contributed by atoms with E-state index in [0.29, 0.717) is 0 Å². The van der Waals surface area contributed by atoms with Gasteiger partial charge in [0.2, 0.25) is 5.91 Å². The fraction of sp³-hybridized carbons (Fsp3) is 0.286. The summed E-state index contributed by atoms with van der Waals surface area (Å²) in [5, 5.41) is 0. The molecule has 3 rings (SSSR count). The van der Waals surface area contributed by atoms with Crippen LogP contribution in [0.15, 0.2) is 54.6 Å². The van der Waals surface area contributed by atoms with E-state index in [2.05, 4.69) is 30.0 Å². The van der Waals surface area contributed by atoms with Gasteiger partial charge in [0.1, 0.15) is 5.75 Å². The van der Waals surface area contributed by atoms with Crippen LogP contribution in [-0.4, -0.2) is 44.1 Å². The lowest BCUT2D eigenvalue weighted by Gasteiger charge is -2.35. The molecule has 0 saturated carbocycles. The third kappa shape index (κ3) is 4.41. The second-order valence-electron chi connectivity index (χ2n) is 6.26. The first-order valence-electron chi connectivity index (χ1n) is 8.58. The van der Waals surface area contributed by atoms with Crippen LogP contribution in [0.1, 0.15) is 11.1 Å². The zero-order valence-electron chi connectivity index (χ0n) is 14.8. The summed E-state index contributed by atoms with van der Waals surface area (Å²) < 4.78 is 5.29. The van der Waals surface area contributed by atoms with E-state index in [4.69, 9.17) is 4.74 Å². The molecule has 1 aliphatic heterocycles. The Balaban J connectivity index is 1.56. The zero-order chi connectivity index (χ0) is 17.6. The molecule has 0 bridgehead atoms. The number of carbonyl (C=O) groups is 1. The van der Waals surface area contributed by atoms with Crippen molar-refractivity contribution in [2.45, 2.75) is 6.92 Å². The Morgan fingerprint density at radius 2 is 1.76 bits per heavy atom. The number of methoxy groups -OCH3 is 1. The Kier molecular flexibility index (Phi) is 5.39. The number of anilines is 1. The molecule has 0 spiro atoms. The molecule has 4 nitrogen and oxygen atoms in total. The number of aryl methyl sites for hydroxylation is 1. The molecule has 130 valence electrons. The predicted molar refractivity (Wildman–Crippen MR) is 102 cm³/mol. The van der Waals surface area contributed by atoms with Crippen molar-refractivity contribution >= 4 is 17.7 Å². The van der Waals surface area contributed by atoms with E-state index < -0.39 is 0 Å². The second kappa shape index (κ2) is 7.88. The summed E-state index contributed by atoms with van der Waals surface area (Å²) in [4.78, 5) is 16.6. The maximum Gasteiger partial charge on any atom is 0.246 e. The Hall–Kier alpha value is -2.75. The summed E-state index contributed by atoms with van der Waals surface area (Å²) in [7, 11) is 1.68. The lowest BCUT2D eigenvalue weighted by atomic mass is 10.1. The average molecular weight is 336 g/mol. The first-order chi connectivity index (χ1) is 12.2. The lowest BCUT2D eigenvalue weighted by molar-refractivity contribution is -0.126.